The van der Waals surface area contributed by atoms with Crippen molar-refractivity contribution in [2.24, 2.45) is 5.73 Å². The molecule has 1 heterocycles. The molecular weight excluding hydrogens is 257 g/mol. The molecule has 1 aromatic carbocycles. The second-order valence-electron chi connectivity index (χ2n) is 3.70. The summed E-state index contributed by atoms with van der Waals surface area (Å²) in [7, 11) is 0. The molecule has 94 valence electrons. The lowest BCUT2D eigenvalue weighted by Gasteiger charge is -2.17. The number of rotatable bonds is 1. The molecule has 3 nitrogen and oxygen atoms in total. The van der Waals surface area contributed by atoms with E-state index >= 15 is 0 Å². The van der Waals surface area contributed by atoms with Crippen molar-refractivity contribution >= 4 is 11.6 Å². The van der Waals surface area contributed by atoms with E-state index in [0.717, 1.165) is 6.07 Å². The van der Waals surface area contributed by atoms with Gasteiger partial charge in [0.05, 0.1) is 18.2 Å². The quantitative estimate of drug-likeness (QED) is 0.820. The van der Waals surface area contributed by atoms with Gasteiger partial charge in [0.2, 0.25) is 0 Å². The van der Waals surface area contributed by atoms with Crippen molar-refractivity contribution < 1.29 is 17.9 Å². The van der Waals surface area contributed by atoms with Gasteiger partial charge in [0.15, 0.2) is 6.35 Å². The van der Waals surface area contributed by atoms with Crippen molar-refractivity contribution in [1.29, 1.82) is 0 Å². The van der Waals surface area contributed by atoms with Crippen molar-refractivity contribution in [3.05, 3.63) is 34.3 Å². The molecule has 0 aliphatic carbocycles. The standard InChI is InChI=1S/C10H10ClF3N2O/c11-5-1-2-6(7(3-5)10(12,13)14)8-4-17-9(15)16-8/h1-3,8-9,16H,4,15H2/t8-,9?/m0/s1. The molecule has 17 heavy (non-hydrogen) atoms. The van der Waals surface area contributed by atoms with Crippen LogP contribution in [0.25, 0.3) is 0 Å². The molecule has 2 atom stereocenters. The molecule has 0 aromatic heterocycles. The zero-order chi connectivity index (χ0) is 12.6. The van der Waals surface area contributed by atoms with Gasteiger partial charge in [-0.3, -0.25) is 11.1 Å². The van der Waals surface area contributed by atoms with Crippen LogP contribution in [0.2, 0.25) is 5.02 Å². The van der Waals surface area contributed by atoms with Gasteiger partial charge in [-0.15, -0.1) is 0 Å². The highest BCUT2D eigenvalue weighted by Crippen LogP contribution is 2.37. The lowest BCUT2D eigenvalue weighted by molar-refractivity contribution is -0.138. The molecule has 1 aromatic rings. The van der Waals surface area contributed by atoms with Crippen molar-refractivity contribution in [3.8, 4) is 0 Å². The van der Waals surface area contributed by atoms with Crippen LogP contribution in [0.3, 0.4) is 0 Å². The van der Waals surface area contributed by atoms with E-state index in [1.165, 1.54) is 12.1 Å². The molecular formula is C10H10ClF3N2O. The van der Waals surface area contributed by atoms with E-state index in [4.69, 9.17) is 22.1 Å². The predicted octanol–water partition coefficient (Wildman–Crippen LogP) is 2.26. The monoisotopic (exact) mass is 266 g/mol. The van der Waals surface area contributed by atoms with Crippen LogP contribution in [0, 0.1) is 0 Å². The fraction of sp³-hybridized carbons (Fsp3) is 0.400. The maximum absolute atomic E-state index is 12.8. The summed E-state index contributed by atoms with van der Waals surface area (Å²) in [5.74, 6) is 0. The van der Waals surface area contributed by atoms with E-state index in [1.807, 2.05) is 0 Å². The van der Waals surface area contributed by atoms with Crippen LogP contribution in [0.1, 0.15) is 17.2 Å². The third-order valence-electron chi connectivity index (χ3n) is 2.50. The number of benzene rings is 1. The van der Waals surface area contributed by atoms with E-state index in [-0.39, 0.29) is 17.2 Å². The molecule has 0 radical (unpaired) electrons. The topological polar surface area (TPSA) is 47.3 Å². The Bertz CT molecular complexity index is 425. The predicted molar refractivity (Wildman–Crippen MR) is 56.3 cm³/mol. The van der Waals surface area contributed by atoms with Gasteiger partial charge in [-0.1, -0.05) is 17.7 Å². The second kappa shape index (κ2) is 4.45. The molecule has 1 fully saturated rings. The molecule has 3 N–H and O–H groups in total. The summed E-state index contributed by atoms with van der Waals surface area (Å²) < 4.78 is 43.4. The summed E-state index contributed by atoms with van der Waals surface area (Å²) in [6.07, 6.45) is -5.19. The van der Waals surface area contributed by atoms with Gasteiger partial charge in [-0.2, -0.15) is 13.2 Å². The Labute approximate surface area is 101 Å². The normalized spacial score (nSPS) is 25.2. The molecule has 1 saturated heterocycles. The van der Waals surface area contributed by atoms with E-state index in [0.29, 0.717) is 0 Å². The highest BCUT2D eigenvalue weighted by Gasteiger charge is 2.37. The largest absolute Gasteiger partial charge is 0.416 e. The van der Waals surface area contributed by atoms with Gasteiger partial charge in [-0.05, 0) is 17.7 Å². The molecule has 1 aliphatic rings. The first-order chi connectivity index (χ1) is 7.88. The van der Waals surface area contributed by atoms with Gasteiger partial charge >= 0.3 is 6.18 Å². The Balaban J connectivity index is 2.39. The smallest absolute Gasteiger partial charge is 0.348 e. The van der Waals surface area contributed by atoms with E-state index in [9.17, 15) is 13.2 Å². The number of nitrogens with two attached hydrogens (primary N) is 1. The fourth-order valence-electron chi connectivity index (χ4n) is 1.75. The average molecular weight is 267 g/mol. The SMILES string of the molecule is NC1N[C@H](c2ccc(Cl)cc2C(F)(F)F)CO1. The van der Waals surface area contributed by atoms with Crippen LogP contribution < -0.4 is 11.1 Å². The van der Waals surface area contributed by atoms with E-state index < -0.39 is 24.1 Å². The van der Waals surface area contributed by atoms with Crippen LogP contribution in [0.4, 0.5) is 13.2 Å². The van der Waals surface area contributed by atoms with Gasteiger partial charge in [0, 0.05) is 5.02 Å². The Kier molecular flexibility index (Phi) is 3.31. The minimum absolute atomic E-state index is 0.0456. The Morgan fingerprint density at radius 3 is 2.65 bits per heavy atom. The molecule has 0 bridgehead atoms. The van der Waals surface area contributed by atoms with Crippen molar-refractivity contribution in [3.63, 3.8) is 0 Å². The average Bonchev–Trinajstić information content (AvgIpc) is 2.63. The van der Waals surface area contributed by atoms with Crippen LogP contribution >= 0.6 is 11.6 Å². The number of nitrogens with one attached hydrogen (secondary N) is 1. The lowest BCUT2D eigenvalue weighted by atomic mass is 10.0. The minimum Gasteiger partial charge on any atom is -0.348 e. The fourth-order valence-corrected chi connectivity index (χ4v) is 1.92. The molecule has 1 unspecified atom stereocenters. The maximum Gasteiger partial charge on any atom is 0.416 e. The van der Waals surface area contributed by atoms with Crippen molar-refractivity contribution in [2.75, 3.05) is 6.61 Å². The minimum atomic E-state index is -4.45. The van der Waals surface area contributed by atoms with E-state index in [1.54, 1.807) is 0 Å². The van der Waals surface area contributed by atoms with Crippen LogP contribution in [0.5, 0.6) is 0 Å². The third kappa shape index (κ3) is 2.71. The molecule has 0 spiro atoms. The zero-order valence-electron chi connectivity index (χ0n) is 8.59. The third-order valence-corrected chi connectivity index (χ3v) is 2.74. The molecule has 2 rings (SSSR count). The van der Waals surface area contributed by atoms with Crippen LogP contribution in [-0.4, -0.2) is 13.0 Å². The van der Waals surface area contributed by atoms with Gasteiger partial charge < -0.3 is 4.74 Å². The summed E-state index contributed by atoms with van der Waals surface area (Å²) in [6, 6.07) is 3.09. The van der Waals surface area contributed by atoms with Crippen LogP contribution in [-0.2, 0) is 10.9 Å². The molecule has 0 amide bonds. The van der Waals surface area contributed by atoms with Crippen LogP contribution in [0.15, 0.2) is 18.2 Å². The molecule has 1 aliphatic heterocycles. The Morgan fingerprint density at radius 1 is 1.41 bits per heavy atom. The first-order valence-corrected chi connectivity index (χ1v) is 5.25. The van der Waals surface area contributed by atoms with Gasteiger partial charge in [0.1, 0.15) is 0 Å². The second-order valence-corrected chi connectivity index (χ2v) is 4.14. The molecule has 7 heteroatoms. The Hall–Kier alpha value is -0.820. The highest BCUT2D eigenvalue weighted by atomic mass is 35.5. The highest BCUT2D eigenvalue weighted by molar-refractivity contribution is 6.30. The van der Waals surface area contributed by atoms with Crippen molar-refractivity contribution in [1.82, 2.24) is 5.32 Å². The van der Waals surface area contributed by atoms with E-state index in [2.05, 4.69) is 5.32 Å². The van der Waals surface area contributed by atoms with Gasteiger partial charge in [0.25, 0.3) is 0 Å². The summed E-state index contributed by atoms with van der Waals surface area (Å²) in [5.41, 5.74) is 4.74. The first-order valence-electron chi connectivity index (χ1n) is 4.88. The Morgan fingerprint density at radius 2 is 2.12 bits per heavy atom. The lowest BCUT2D eigenvalue weighted by Crippen LogP contribution is -2.33. The number of alkyl halides is 3. The summed E-state index contributed by atoms with van der Waals surface area (Å²) >= 11 is 5.58. The number of hydrogen-bond donors (Lipinski definition) is 2. The maximum atomic E-state index is 12.8. The summed E-state index contributed by atoms with van der Waals surface area (Å²) in [4.78, 5) is 0. The van der Waals surface area contributed by atoms with Crippen molar-refractivity contribution in [2.45, 2.75) is 18.6 Å². The first kappa shape index (κ1) is 12.6. The summed E-state index contributed by atoms with van der Waals surface area (Å²) in [6.45, 7) is 0.103. The summed E-state index contributed by atoms with van der Waals surface area (Å²) in [5, 5.41) is 2.76. The number of ether oxygens (including phenoxy) is 1. The zero-order valence-corrected chi connectivity index (χ0v) is 9.35. The number of hydrogen-bond acceptors (Lipinski definition) is 3. The number of halogens is 4. The molecule has 0 saturated carbocycles. The van der Waals surface area contributed by atoms with Gasteiger partial charge in [-0.25, -0.2) is 0 Å².